The third-order valence-corrected chi connectivity index (χ3v) is 8.40. The Balaban J connectivity index is 5.44. The van der Waals surface area contributed by atoms with Crippen molar-refractivity contribution < 1.29 is 14.1 Å². The first-order chi connectivity index (χ1) is 10.2. The highest BCUT2D eigenvalue weighted by molar-refractivity contribution is 6.74. The molecule has 0 aromatic rings. The van der Waals surface area contributed by atoms with E-state index in [1.807, 2.05) is 20.8 Å². The second kappa shape index (κ2) is 8.33. The predicted molar refractivity (Wildman–Crippen MR) is 99.9 cm³/mol. The van der Waals surface area contributed by atoms with Gasteiger partial charge in [-0.15, -0.1) is 6.58 Å². The van der Waals surface area contributed by atoms with Crippen LogP contribution in [0.3, 0.4) is 0 Å². The molecular weight excluding hydrogens is 306 g/mol. The van der Waals surface area contributed by atoms with E-state index in [0.717, 1.165) is 19.3 Å². The van der Waals surface area contributed by atoms with E-state index in [1.54, 1.807) is 6.08 Å². The molecule has 0 rings (SSSR count). The average molecular weight is 344 g/mol. The van der Waals surface area contributed by atoms with Gasteiger partial charge in [0.25, 0.3) is 0 Å². The number of unbranched alkanes of at least 4 members (excludes halogenated alkanes) is 1. The van der Waals surface area contributed by atoms with Crippen molar-refractivity contribution in [3.05, 3.63) is 12.7 Å². The van der Waals surface area contributed by atoms with Crippen LogP contribution in [-0.4, -0.2) is 31.1 Å². The molecule has 136 valence electrons. The third kappa shape index (κ3) is 7.53. The normalized spacial score (nSPS) is 14.3. The Morgan fingerprint density at radius 3 is 2.09 bits per heavy atom. The summed E-state index contributed by atoms with van der Waals surface area (Å²) >= 11 is 0. The van der Waals surface area contributed by atoms with Crippen molar-refractivity contribution in [2.75, 3.05) is 0 Å². The van der Waals surface area contributed by atoms with Crippen molar-refractivity contribution in [1.29, 1.82) is 0 Å². The molecule has 0 aliphatic carbocycles. The molecule has 0 heterocycles. The van der Waals surface area contributed by atoms with Crippen LogP contribution in [-0.2, 0) is 9.26 Å². The number of hydrogen-bond donors (Lipinski definition) is 0. The fourth-order valence-electron chi connectivity index (χ4n) is 1.67. The molecule has 23 heavy (non-hydrogen) atoms. The van der Waals surface area contributed by atoms with Gasteiger partial charge in [-0.05, 0) is 45.3 Å². The molecule has 0 aromatic carbocycles. The van der Waals surface area contributed by atoms with Gasteiger partial charge in [0.15, 0.2) is 0 Å². The number of hydrogen-bond acceptors (Lipinski definition) is 3. The largest absolute Gasteiger partial charge is 0.442 e. The van der Waals surface area contributed by atoms with Crippen molar-refractivity contribution in [2.24, 2.45) is 0 Å². The molecule has 0 bridgehead atoms. The molecule has 0 aromatic heterocycles. The topological polar surface area (TPSA) is 38.8 Å². The van der Waals surface area contributed by atoms with Crippen molar-refractivity contribution in [3.8, 4) is 0 Å². The van der Waals surface area contributed by atoms with Crippen LogP contribution in [0.5, 0.6) is 0 Å². The summed E-state index contributed by atoms with van der Waals surface area (Å²) in [4.78, 5) is 12.7. The molecule has 0 spiro atoms. The van der Waals surface area contributed by atoms with E-state index in [1.165, 1.54) is 5.06 Å². The van der Waals surface area contributed by atoms with Crippen molar-refractivity contribution in [3.63, 3.8) is 0 Å². The molecular formula is C18H37NO3Si. The molecule has 0 saturated heterocycles. The SMILES string of the molecule is C=C[C@@H](CCCC)N(O[Si](C)(C)C(C)(C)C)C(=O)OC(C)(C)C. The quantitative estimate of drug-likeness (QED) is 0.328. The fourth-order valence-corrected chi connectivity index (χ4v) is 2.65. The highest BCUT2D eigenvalue weighted by atomic mass is 28.4. The lowest BCUT2D eigenvalue weighted by molar-refractivity contribution is -0.0987. The Labute approximate surface area is 144 Å². The summed E-state index contributed by atoms with van der Waals surface area (Å²) in [6.45, 7) is 22.3. The molecule has 0 unspecified atom stereocenters. The Morgan fingerprint density at radius 1 is 1.22 bits per heavy atom. The van der Waals surface area contributed by atoms with Crippen LogP contribution in [0, 0.1) is 0 Å². The summed E-state index contributed by atoms with van der Waals surface area (Å²) in [5.74, 6) is 0. The van der Waals surface area contributed by atoms with Crippen LogP contribution in [0.1, 0.15) is 67.7 Å². The number of rotatable bonds is 7. The van der Waals surface area contributed by atoms with E-state index in [0.29, 0.717) is 0 Å². The fraction of sp³-hybridized carbons (Fsp3) is 0.833. The molecule has 1 atom stereocenters. The number of carbonyl (C=O) groups excluding carboxylic acids is 1. The van der Waals surface area contributed by atoms with Gasteiger partial charge in [-0.25, -0.2) is 4.79 Å². The van der Waals surface area contributed by atoms with Gasteiger partial charge in [-0.3, -0.25) is 0 Å². The van der Waals surface area contributed by atoms with Crippen molar-refractivity contribution >= 4 is 14.4 Å². The van der Waals surface area contributed by atoms with E-state index in [4.69, 9.17) is 9.26 Å². The first kappa shape index (κ1) is 22.2. The van der Waals surface area contributed by atoms with Crippen LogP contribution < -0.4 is 0 Å². The Bertz CT molecular complexity index is 394. The van der Waals surface area contributed by atoms with Gasteiger partial charge < -0.3 is 9.26 Å². The second-order valence-electron chi connectivity index (χ2n) is 8.60. The molecule has 1 amide bonds. The molecule has 0 N–H and O–H groups in total. The maximum atomic E-state index is 12.7. The summed E-state index contributed by atoms with van der Waals surface area (Å²) in [5.41, 5.74) is -0.553. The summed E-state index contributed by atoms with van der Waals surface area (Å²) in [6.07, 6.45) is 4.26. The van der Waals surface area contributed by atoms with Crippen LogP contribution in [0.4, 0.5) is 4.79 Å². The van der Waals surface area contributed by atoms with Gasteiger partial charge in [0, 0.05) is 0 Å². The van der Waals surface area contributed by atoms with Gasteiger partial charge in [0.1, 0.15) is 5.60 Å². The Kier molecular flexibility index (Phi) is 8.04. The van der Waals surface area contributed by atoms with Gasteiger partial charge >= 0.3 is 6.09 Å². The highest BCUT2D eigenvalue weighted by Gasteiger charge is 2.42. The van der Waals surface area contributed by atoms with Crippen LogP contribution in [0.25, 0.3) is 0 Å². The highest BCUT2D eigenvalue weighted by Crippen LogP contribution is 2.38. The summed E-state index contributed by atoms with van der Waals surface area (Å²) in [6, 6.07) is -0.168. The van der Waals surface area contributed by atoms with Gasteiger partial charge in [0.2, 0.25) is 8.32 Å². The molecule has 0 aliphatic heterocycles. The molecule has 0 fully saturated rings. The lowest BCUT2D eigenvalue weighted by atomic mass is 10.1. The van der Waals surface area contributed by atoms with Gasteiger partial charge in [-0.1, -0.05) is 46.6 Å². The van der Waals surface area contributed by atoms with Gasteiger partial charge in [-0.2, -0.15) is 5.06 Å². The zero-order valence-corrected chi connectivity index (χ0v) is 17.7. The van der Waals surface area contributed by atoms with E-state index in [2.05, 4.69) is 47.4 Å². The van der Waals surface area contributed by atoms with Crippen molar-refractivity contribution in [2.45, 2.75) is 97.5 Å². The minimum Gasteiger partial charge on any atom is -0.442 e. The summed E-state index contributed by atoms with van der Waals surface area (Å²) < 4.78 is 11.8. The average Bonchev–Trinajstić information content (AvgIpc) is 2.34. The standard InChI is InChI=1S/C18H37NO3Si/c1-11-13-14-15(12-2)19(16(20)21-17(3,4)5)22-23(9,10)18(6,7)8/h12,15H,2,11,13-14H2,1,3-10H3/t15-/m0/s1. The molecule has 5 heteroatoms. The first-order valence-electron chi connectivity index (χ1n) is 8.59. The monoisotopic (exact) mass is 343 g/mol. The molecule has 0 radical (unpaired) electrons. The number of carbonyl (C=O) groups is 1. The number of hydroxylamine groups is 2. The van der Waals surface area contributed by atoms with Gasteiger partial charge in [0.05, 0.1) is 6.04 Å². The number of ether oxygens (including phenoxy) is 1. The van der Waals surface area contributed by atoms with Crippen molar-refractivity contribution in [1.82, 2.24) is 5.06 Å². The molecule has 0 aliphatic rings. The van der Waals surface area contributed by atoms with E-state index >= 15 is 0 Å². The van der Waals surface area contributed by atoms with Crippen LogP contribution in [0.2, 0.25) is 18.1 Å². The van der Waals surface area contributed by atoms with E-state index < -0.39 is 20.0 Å². The zero-order chi connectivity index (χ0) is 18.5. The summed E-state index contributed by atoms with van der Waals surface area (Å²) in [5, 5.41) is 1.44. The first-order valence-corrected chi connectivity index (χ1v) is 11.5. The third-order valence-electron chi connectivity index (χ3n) is 4.13. The van der Waals surface area contributed by atoms with E-state index in [9.17, 15) is 4.79 Å². The van der Waals surface area contributed by atoms with Crippen LogP contribution in [0.15, 0.2) is 12.7 Å². The predicted octanol–water partition coefficient (Wildman–Crippen LogP) is 5.91. The number of nitrogens with zero attached hydrogens (tertiary/aromatic N) is 1. The smallest absolute Gasteiger partial charge is 0.434 e. The molecule has 4 nitrogen and oxygen atoms in total. The maximum absolute atomic E-state index is 12.7. The second-order valence-corrected chi connectivity index (χ2v) is 13.3. The Hall–Kier alpha value is -0.813. The maximum Gasteiger partial charge on any atom is 0.434 e. The Morgan fingerprint density at radius 2 is 1.74 bits per heavy atom. The van der Waals surface area contributed by atoms with E-state index in [-0.39, 0.29) is 11.1 Å². The number of amides is 1. The summed E-state index contributed by atoms with van der Waals surface area (Å²) in [7, 11) is -2.15. The zero-order valence-electron chi connectivity index (χ0n) is 16.7. The minimum absolute atomic E-state index is 0.00371. The lowest BCUT2D eigenvalue weighted by Crippen LogP contribution is -2.52. The molecule has 0 saturated carbocycles. The lowest BCUT2D eigenvalue weighted by Gasteiger charge is -2.42. The minimum atomic E-state index is -2.15. The van der Waals surface area contributed by atoms with Crippen LogP contribution >= 0.6 is 0 Å².